The summed E-state index contributed by atoms with van der Waals surface area (Å²) in [5, 5.41) is 3.39. The van der Waals surface area contributed by atoms with E-state index in [9.17, 15) is 0 Å². The molecule has 0 aliphatic carbocycles. The van der Waals surface area contributed by atoms with Crippen molar-refractivity contribution in [3.8, 4) is 0 Å². The van der Waals surface area contributed by atoms with Crippen LogP contribution in [0, 0.1) is 12.8 Å². The summed E-state index contributed by atoms with van der Waals surface area (Å²) in [7, 11) is 2.01. The Kier molecular flexibility index (Phi) is 4.94. The van der Waals surface area contributed by atoms with Gasteiger partial charge in [0.2, 0.25) is 0 Å². The maximum Gasteiger partial charge on any atom is 0.0358 e. The van der Waals surface area contributed by atoms with E-state index in [0.717, 1.165) is 0 Å². The smallest absolute Gasteiger partial charge is 0.0358 e. The van der Waals surface area contributed by atoms with Crippen molar-refractivity contribution < 1.29 is 0 Å². The van der Waals surface area contributed by atoms with Crippen LogP contribution >= 0.6 is 0 Å². The summed E-state index contributed by atoms with van der Waals surface area (Å²) in [5.74, 6) is 0.439. The number of hydrogen-bond acceptors (Lipinski definition) is 2. The molecule has 2 atom stereocenters. The van der Waals surface area contributed by atoms with Gasteiger partial charge in [-0.3, -0.25) is 0 Å². The largest absolute Gasteiger partial charge is 0.330 e. The third-order valence-electron chi connectivity index (χ3n) is 3.72. The van der Waals surface area contributed by atoms with Gasteiger partial charge in [0.15, 0.2) is 0 Å². The Morgan fingerprint density at radius 1 is 1.28 bits per heavy atom. The van der Waals surface area contributed by atoms with Crippen LogP contribution in [-0.2, 0) is 5.41 Å². The number of aryl methyl sites for hydroxylation is 1. The number of nitrogens with one attached hydrogen (secondary N) is 1. The first-order chi connectivity index (χ1) is 8.31. The van der Waals surface area contributed by atoms with Gasteiger partial charge < -0.3 is 11.1 Å². The first-order valence-electron chi connectivity index (χ1n) is 6.79. The third-order valence-corrected chi connectivity index (χ3v) is 3.72. The van der Waals surface area contributed by atoms with Crippen molar-refractivity contribution in [1.82, 2.24) is 5.32 Å². The van der Waals surface area contributed by atoms with Gasteiger partial charge in [0.25, 0.3) is 0 Å². The van der Waals surface area contributed by atoms with Crippen molar-refractivity contribution in [3.63, 3.8) is 0 Å². The molecule has 1 aromatic rings. The SMILES string of the molecule is CNC(c1ccc(C(C)(C)C)cc1C)C(C)CN. The Labute approximate surface area is 112 Å². The molecule has 0 aliphatic heterocycles. The predicted molar refractivity (Wildman–Crippen MR) is 79.9 cm³/mol. The molecule has 2 nitrogen and oxygen atoms in total. The molecule has 0 aliphatic rings. The average molecular weight is 248 g/mol. The molecule has 2 unspecified atom stereocenters. The Morgan fingerprint density at radius 2 is 1.89 bits per heavy atom. The number of rotatable bonds is 4. The minimum atomic E-state index is 0.206. The van der Waals surface area contributed by atoms with E-state index in [-0.39, 0.29) is 5.41 Å². The molecule has 0 spiro atoms. The molecule has 0 bridgehead atoms. The van der Waals surface area contributed by atoms with Crippen LogP contribution in [0.4, 0.5) is 0 Å². The fourth-order valence-corrected chi connectivity index (χ4v) is 2.37. The lowest BCUT2D eigenvalue weighted by atomic mass is 9.83. The molecule has 3 N–H and O–H groups in total. The quantitative estimate of drug-likeness (QED) is 0.859. The van der Waals surface area contributed by atoms with E-state index in [0.29, 0.717) is 18.5 Å². The molecule has 0 amide bonds. The monoisotopic (exact) mass is 248 g/mol. The molecule has 0 saturated carbocycles. The molecule has 0 fully saturated rings. The van der Waals surface area contributed by atoms with Gasteiger partial charge in [0.1, 0.15) is 0 Å². The number of hydrogen-bond donors (Lipinski definition) is 2. The molecule has 1 rings (SSSR count). The Bertz CT molecular complexity index is 391. The highest BCUT2D eigenvalue weighted by Crippen LogP contribution is 2.29. The van der Waals surface area contributed by atoms with Gasteiger partial charge in [-0.15, -0.1) is 0 Å². The minimum absolute atomic E-state index is 0.206. The summed E-state index contributed by atoms with van der Waals surface area (Å²) >= 11 is 0. The van der Waals surface area contributed by atoms with E-state index < -0.39 is 0 Å². The van der Waals surface area contributed by atoms with Gasteiger partial charge in [0.05, 0.1) is 0 Å². The standard InChI is InChI=1S/C16H28N2/c1-11-9-13(16(3,4)5)7-8-14(11)15(18-6)12(2)10-17/h7-9,12,15,18H,10,17H2,1-6H3. The second-order valence-corrected chi connectivity index (χ2v) is 6.30. The fraction of sp³-hybridized carbons (Fsp3) is 0.625. The van der Waals surface area contributed by atoms with Crippen molar-refractivity contribution in [3.05, 3.63) is 34.9 Å². The summed E-state index contributed by atoms with van der Waals surface area (Å²) in [6.07, 6.45) is 0. The molecule has 0 radical (unpaired) electrons. The molecule has 102 valence electrons. The van der Waals surface area contributed by atoms with Gasteiger partial charge in [-0.1, -0.05) is 45.9 Å². The molecule has 0 aromatic heterocycles. The van der Waals surface area contributed by atoms with Crippen molar-refractivity contribution in [2.45, 2.75) is 46.1 Å². The van der Waals surface area contributed by atoms with E-state index in [1.165, 1.54) is 16.7 Å². The van der Waals surface area contributed by atoms with Gasteiger partial charge >= 0.3 is 0 Å². The fourth-order valence-electron chi connectivity index (χ4n) is 2.37. The average Bonchev–Trinajstić information content (AvgIpc) is 2.30. The first-order valence-corrected chi connectivity index (χ1v) is 6.79. The van der Waals surface area contributed by atoms with Crippen molar-refractivity contribution in [1.29, 1.82) is 0 Å². The number of benzene rings is 1. The van der Waals surface area contributed by atoms with Crippen molar-refractivity contribution in [2.75, 3.05) is 13.6 Å². The van der Waals surface area contributed by atoms with E-state index >= 15 is 0 Å². The van der Waals surface area contributed by atoms with Crippen LogP contribution in [-0.4, -0.2) is 13.6 Å². The van der Waals surface area contributed by atoms with Gasteiger partial charge in [-0.05, 0) is 48.5 Å². The van der Waals surface area contributed by atoms with Gasteiger partial charge in [-0.25, -0.2) is 0 Å². The zero-order valence-corrected chi connectivity index (χ0v) is 12.7. The van der Waals surface area contributed by atoms with E-state index in [2.05, 4.69) is 58.1 Å². The summed E-state index contributed by atoms with van der Waals surface area (Å²) in [5.41, 5.74) is 10.1. The van der Waals surface area contributed by atoms with Crippen LogP contribution < -0.4 is 11.1 Å². The first kappa shape index (κ1) is 15.2. The molecule has 0 heterocycles. The second-order valence-electron chi connectivity index (χ2n) is 6.30. The summed E-state index contributed by atoms with van der Waals surface area (Å²) < 4.78 is 0. The minimum Gasteiger partial charge on any atom is -0.330 e. The molecular formula is C16H28N2. The number of nitrogens with two attached hydrogens (primary N) is 1. The van der Waals surface area contributed by atoms with Crippen LogP contribution in [0.1, 0.15) is 50.4 Å². The van der Waals surface area contributed by atoms with Crippen molar-refractivity contribution >= 4 is 0 Å². The molecule has 18 heavy (non-hydrogen) atoms. The molecular weight excluding hydrogens is 220 g/mol. The van der Waals surface area contributed by atoms with E-state index in [1.54, 1.807) is 0 Å². The summed E-state index contributed by atoms with van der Waals surface area (Å²) in [6, 6.07) is 7.14. The van der Waals surface area contributed by atoms with Gasteiger partial charge in [0, 0.05) is 6.04 Å². The van der Waals surface area contributed by atoms with Crippen molar-refractivity contribution in [2.24, 2.45) is 11.7 Å². The lowest BCUT2D eigenvalue weighted by molar-refractivity contribution is 0.418. The Balaban J connectivity index is 3.12. The summed E-state index contributed by atoms with van der Waals surface area (Å²) in [6.45, 7) is 11.8. The highest BCUT2D eigenvalue weighted by Gasteiger charge is 2.20. The topological polar surface area (TPSA) is 38.0 Å². The van der Waals surface area contributed by atoms with Crippen LogP contribution in [0.15, 0.2) is 18.2 Å². The Hall–Kier alpha value is -0.860. The van der Waals surface area contributed by atoms with Crippen LogP contribution in [0.3, 0.4) is 0 Å². The maximum atomic E-state index is 5.80. The molecule has 2 heteroatoms. The highest BCUT2D eigenvalue weighted by molar-refractivity contribution is 5.36. The summed E-state index contributed by atoms with van der Waals surface area (Å²) in [4.78, 5) is 0. The normalized spacial score (nSPS) is 15.5. The van der Waals surface area contributed by atoms with Crippen LogP contribution in [0.25, 0.3) is 0 Å². The predicted octanol–water partition coefficient (Wildman–Crippen LogP) is 3.15. The van der Waals surface area contributed by atoms with Crippen LogP contribution in [0.5, 0.6) is 0 Å². The zero-order chi connectivity index (χ0) is 13.9. The van der Waals surface area contributed by atoms with Crippen LogP contribution in [0.2, 0.25) is 0 Å². The lowest BCUT2D eigenvalue weighted by Gasteiger charge is -2.26. The maximum absolute atomic E-state index is 5.80. The van der Waals surface area contributed by atoms with Gasteiger partial charge in [-0.2, -0.15) is 0 Å². The third kappa shape index (κ3) is 3.33. The van der Waals surface area contributed by atoms with E-state index in [4.69, 9.17) is 5.73 Å². The zero-order valence-electron chi connectivity index (χ0n) is 12.7. The molecule has 1 aromatic carbocycles. The second kappa shape index (κ2) is 5.85. The Morgan fingerprint density at radius 3 is 2.28 bits per heavy atom. The molecule has 0 saturated heterocycles. The highest BCUT2D eigenvalue weighted by atomic mass is 14.9. The van der Waals surface area contributed by atoms with E-state index in [1.807, 2.05) is 7.05 Å². The lowest BCUT2D eigenvalue weighted by Crippen LogP contribution is -2.29.